The van der Waals surface area contributed by atoms with E-state index in [1.54, 1.807) is 41.3 Å². The number of furan rings is 1. The first-order valence-electron chi connectivity index (χ1n) is 11.3. The van der Waals surface area contributed by atoms with E-state index in [0.717, 1.165) is 32.5 Å². The molecule has 0 radical (unpaired) electrons. The molecule has 1 aromatic carbocycles. The number of likely N-dealkylation sites (tertiary alicyclic amines) is 1. The Balaban J connectivity index is 1.35. The fourth-order valence-corrected chi connectivity index (χ4v) is 6.19. The molecule has 4 rings (SSSR count). The van der Waals surface area contributed by atoms with E-state index in [2.05, 4.69) is 18.7 Å². The summed E-state index contributed by atoms with van der Waals surface area (Å²) in [7, 11) is -3.55. The van der Waals surface area contributed by atoms with E-state index in [0.29, 0.717) is 24.6 Å². The molecule has 8 heteroatoms. The number of morpholine rings is 1. The van der Waals surface area contributed by atoms with Gasteiger partial charge in [-0.2, -0.15) is 0 Å². The molecular weight excluding hydrogens is 428 g/mol. The van der Waals surface area contributed by atoms with Crippen LogP contribution >= 0.6 is 0 Å². The third kappa shape index (κ3) is 5.42. The highest BCUT2D eigenvalue weighted by atomic mass is 32.2. The van der Waals surface area contributed by atoms with Crippen LogP contribution in [0.1, 0.15) is 42.8 Å². The molecule has 2 aliphatic heterocycles. The van der Waals surface area contributed by atoms with Gasteiger partial charge in [-0.3, -0.25) is 9.69 Å². The number of amides is 1. The predicted octanol–water partition coefficient (Wildman–Crippen LogP) is 3.21. The predicted molar refractivity (Wildman–Crippen MR) is 121 cm³/mol. The standard InChI is InChI=1S/C24H32N2O5S/c1-18-14-25(15-19(2)31-18)16-20-8-11-26(12-9-20)24(27)23-21(10-13-30-23)17-32(28,29)22-6-4-3-5-7-22/h3-7,10,13,18-20H,8-9,11-12,14-17H2,1-2H3. The summed E-state index contributed by atoms with van der Waals surface area (Å²) in [5, 5.41) is 0. The molecule has 2 aromatic rings. The Hall–Kier alpha value is -2.16. The van der Waals surface area contributed by atoms with Crippen molar-refractivity contribution in [3.05, 3.63) is 54.0 Å². The zero-order valence-corrected chi connectivity index (χ0v) is 19.6. The van der Waals surface area contributed by atoms with Crippen LogP contribution in [0.25, 0.3) is 0 Å². The molecule has 3 heterocycles. The van der Waals surface area contributed by atoms with Crippen molar-refractivity contribution in [1.82, 2.24) is 9.80 Å². The average molecular weight is 461 g/mol. The lowest BCUT2D eigenvalue weighted by Gasteiger charge is -2.39. The number of carbonyl (C=O) groups is 1. The highest BCUT2D eigenvalue weighted by Gasteiger charge is 2.31. The maximum atomic E-state index is 13.1. The number of benzene rings is 1. The molecule has 1 aromatic heterocycles. The Morgan fingerprint density at radius 2 is 1.69 bits per heavy atom. The van der Waals surface area contributed by atoms with Gasteiger partial charge in [0.15, 0.2) is 15.6 Å². The second kappa shape index (κ2) is 9.77. The summed E-state index contributed by atoms with van der Waals surface area (Å²) in [6.07, 6.45) is 3.78. The maximum Gasteiger partial charge on any atom is 0.289 e. The monoisotopic (exact) mass is 460 g/mol. The van der Waals surface area contributed by atoms with Crippen molar-refractivity contribution < 1.29 is 22.4 Å². The molecule has 32 heavy (non-hydrogen) atoms. The Bertz CT molecular complexity index is 1000. The van der Waals surface area contributed by atoms with Crippen LogP contribution in [0.15, 0.2) is 52.0 Å². The third-order valence-electron chi connectivity index (χ3n) is 6.30. The minimum atomic E-state index is -3.55. The summed E-state index contributed by atoms with van der Waals surface area (Å²) in [6, 6.07) is 9.87. The zero-order chi connectivity index (χ0) is 22.7. The lowest BCUT2D eigenvalue weighted by molar-refractivity contribution is -0.0729. The fraction of sp³-hybridized carbons (Fsp3) is 0.542. The SMILES string of the molecule is CC1CN(CC2CCN(C(=O)c3occc3CS(=O)(=O)c3ccccc3)CC2)CC(C)O1. The number of hydrogen-bond donors (Lipinski definition) is 0. The Morgan fingerprint density at radius 1 is 1.03 bits per heavy atom. The number of rotatable bonds is 6. The van der Waals surface area contributed by atoms with Gasteiger partial charge in [-0.05, 0) is 50.8 Å². The maximum absolute atomic E-state index is 13.1. The summed E-state index contributed by atoms with van der Waals surface area (Å²) >= 11 is 0. The van der Waals surface area contributed by atoms with E-state index in [-0.39, 0.29) is 34.5 Å². The molecule has 0 N–H and O–H groups in total. The summed E-state index contributed by atoms with van der Waals surface area (Å²) < 4.78 is 36.8. The second-order valence-electron chi connectivity index (χ2n) is 9.06. The molecular formula is C24H32N2O5S. The number of hydrogen-bond acceptors (Lipinski definition) is 6. The number of carbonyl (C=O) groups excluding carboxylic acids is 1. The largest absolute Gasteiger partial charge is 0.459 e. The van der Waals surface area contributed by atoms with Gasteiger partial charge in [-0.15, -0.1) is 0 Å². The van der Waals surface area contributed by atoms with Crippen LogP contribution in [0.2, 0.25) is 0 Å². The van der Waals surface area contributed by atoms with Crippen LogP contribution in [0.3, 0.4) is 0 Å². The molecule has 2 unspecified atom stereocenters. The molecule has 0 aliphatic carbocycles. The molecule has 0 bridgehead atoms. The van der Waals surface area contributed by atoms with Crippen molar-refractivity contribution in [2.24, 2.45) is 5.92 Å². The first-order chi connectivity index (χ1) is 15.3. The van der Waals surface area contributed by atoms with Crippen molar-refractivity contribution >= 4 is 15.7 Å². The molecule has 2 saturated heterocycles. The van der Waals surface area contributed by atoms with Crippen LogP contribution in [0.5, 0.6) is 0 Å². The van der Waals surface area contributed by atoms with Crippen LogP contribution in [0.4, 0.5) is 0 Å². The van der Waals surface area contributed by atoms with E-state index in [1.165, 1.54) is 6.26 Å². The Morgan fingerprint density at radius 3 is 2.34 bits per heavy atom. The van der Waals surface area contributed by atoms with E-state index in [4.69, 9.17) is 9.15 Å². The van der Waals surface area contributed by atoms with Gasteiger partial charge in [0.2, 0.25) is 0 Å². The second-order valence-corrected chi connectivity index (χ2v) is 11.0. The van der Waals surface area contributed by atoms with E-state index < -0.39 is 9.84 Å². The normalized spacial score (nSPS) is 23.4. The van der Waals surface area contributed by atoms with Gasteiger partial charge >= 0.3 is 0 Å². The molecule has 2 aliphatic rings. The molecule has 2 fully saturated rings. The average Bonchev–Trinajstić information content (AvgIpc) is 3.21. The molecule has 174 valence electrons. The summed E-state index contributed by atoms with van der Waals surface area (Å²) in [5.74, 6) is 0.212. The lowest BCUT2D eigenvalue weighted by Crippen LogP contribution is -2.48. The Kier molecular flexibility index (Phi) is 7.02. The van der Waals surface area contributed by atoms with Crippen molar-refractivity contribution in [2.45, 2.75) is 49.5 Å². The molecule has 0 saturated carbocycles. The molecule has 2 atom stereocenters. The smallest absolute Gasteiger partial charge is 0.289 e. The van der Waals surface area contributed by atoms with E-state index >= 15 is 0 Å². The summed E-state index contributed by atoms with van der Waals surface area (Å²) in [4.78, 5) is 17.6. The first kappa shape index (κ1) is 23.0. The number of ether oxygens (including phenoxy) is 1. The van der Waals surface area contributed by atoms with Gasteiger partial charge in [-0.25, -0.2) is 8.42 Å². The fourth-order valence-electron chi connectivity index (χ4n) is 4.81. The van der Waals surface area contributed by atoms with Gasteiger partial charge in [0.1, 0.15) is 0 Å². The minimum Gasteiger partial charge on any atom is -0.459 e. The van der Waals surface area contributed by atoms with Gasteiger partial charge < -0.3 is 14.1 Å². The third-order valence-corrected chi connectivity index (χ3v) is 7.98. The topological polar surface area (TPSA) is 80.1 Å². The van der Waals surface area contributed by atoms with Gasteiger partial charge in [0.05, 0.1) is 29.1 Å². The Labute approximate surface area is 190 Å². The van der Waals surface area contributed by atoms with Gasteiger partial charge in [0, 0.05) is 38.3 Å². The van der Waals surface area contributed by atoms with Crippen molar-refractivity contribution in [1.29, 1.82) is 0 Å². The summed E-state index contributed by atoms with van der Waals surface area (Å²) in [5.41, 5.74) is 0.414. The van der Waals surface area contributed by atoms with Crippen molar-refractivity contribution in [3.8, 4) is 0 Å². The van der Waals surface area contributed by atoms with Crippen LogP contribution in [-0.2, 0) is 20.3 Å². The molecule has 0 spiro atoms. The van der Waals surface area contributed by atoms with Crippen LogP contribution in [0, 0.1) is 5.92 Å². The van der Waals surface area contributed by atoms with Gasteiger partial charge in [0.25, 0.3) is 5.91 Å². The quantitative estimate of drug-likeness (QED) is 0.659. The summed E-state index contributed by atoms with van der Waals surface area (Å²) in [6.45, 7) is 8.48. The number of piperidine rings is 1. The minimum absolute atomic E-state index is 0.138. The van der Waals surface area contributed by atoms with Crippen LogP contribution in [-0.4, -0.2) is 69.1 Å². The molecule has 7 nitrogen and oxygen atoms in total. The lowest BCUT2D eigenvalue weighted by atomic mass is 9.95. The van der Waals surface area contributed by atoms with Crippen molar-refractivity contribution in [3.63, 3.8) is 0 Å². The van der Waals surface area contributed by atoms with Gasteiger partial charge in [-0.1, -0.05) is 18.2 Å². The van der Waals surface area contributed by atoms with Crippen LogP contribution < -0.4 is 0 Å². The van der Waals surface area contributed by atoms with E-state index in [1.807, 2.05) is 0 Å². The van der Waals surface area contributed by atoms with Crippen molar-refractivity contribution in [2.75, 3.05) is 32.7 Å². The number of nitrogens with zero attached hydrogens (tertiary/aromatic N) is 2. The first-order valence-corrected chi connectivity index (χ1v) is 13.0. The number of sulfone groups is 1. The molecule has 1 amide bonds. The zero-order valence-electron chi connectivity index (χ0n) is 18.8. The van der Waals surface area contributed by atoms with E-state index in [9.17, 15) is 13.2 Å². The highest BCUT2D eigenvalue weighted by Crippen LogP contribution is 2.25. The highest BCUT2D eigenvalue weighted by molar-refractivity contribution is 7.90.